The Morgan fingerprint density at radius 3 is 2.86 bits per heavy atom. The second kappa shape index (κ2) is 7.28. The molecule has 0 aliphatic heterocycles. The lowest BCUT2D eigenvalue weighted by molar-refractivity contribution is -0.116. The Hall–Kier alpha value is -1.79. The molecule has 1 aliphatic rings. The average molecular weight is 294 g/mol. The summed E-state index contributed by atoms with van der Waals surface area (Å²) in [6.07, 6.45) is 2.57. The van der Waals surface area contributed by atoms with Crippen molar-refractivity contribution in [2.45, 2.75) is 25.3 Å². The van der Waals surface area contributed by atoms with Crippen LogP contribution in [0.5, 0.6) is 11.5 Å². The third-order valence-corrected chi connectivity index (χ3v) is 3.44. The van der Waals surface area contributed by atoms with E-state index in [1.165, 1.54) is 7.11 Å². The third kappa shape index (κ3) is 4.61. The summed E-state index contributed by atoms with van der Waals surface area (Å²) in [5, 5.41) is 11.6. The molecule has 6 heteroatoms. The van der Waals surface area contributed by atoms with E-state index in [0.29, 0.717) is 29.5 Å². The highest BCUT2D eigenvalue weighted by Gasteiger charge is 2.29. The van der Waals surface area contributed by atoms with E-state index in [4.69, 9.17) is 20.3 Å². The zero-order valence-electron chi connectivity index (χ0n) is 12.2. The first-order valence-electron chi connectivity index (χ1n) is 7.11. The molecule has 1 aromatic rings. The van der Waals surface area contributed by atoms with Gasteiger partial charge in [-0.1, -0.05) is 0 Å². The van der Waals surface area contributed by atoms with Gasteiger partial charge in [0.2, 0.25) is 5.91 Å². The monoisotopic (exact) mass is 294 g/mol. The molecule has 0 aromatic heterocycles. The minimum Gasteiger partial charge on any atom is -0.493 e. The number of benzene rings is 1. The van der Waals surface area contributed by atoms with Crippen molar-refractivity contribution in [1.29, 1.82) is 0 Å². The van der Waals surface area contributed by atoms with Crippen LogP contribution in [-0.2, 0) is 4.79 Å². The van der Waals surface area contributed by atoms with Gasteiger partial charge < -0.3 is 25.6 Å². The third-order valence-electron chi connectivity index (χ3n) is 3.44. The maximum absolute atomic E-state index is 11.9. The maximum Gasteiger partial charge on any atom is 0.225 e. The van der Waals surface area contributed by atoms with Crippen LogP contribution in [0.3, 0.4) is 0 Å². The molecule has 1 atom stereocenters. The maximum atomic E-state index is 11.9. The van der Waals surface area contributed by atoms with Gasteiger partial charge in [-0.15, -0.1) is 0 Å². The number of methoxy groups -OCH3 is 1. The van der Waals surface area contributed by atoms with Gasteiger partial charge in [-0.3, -0.25) is 4.79 Å². The summed E-state index contributed by atoms with van der Waals surface area (Å²) in [4.78, 5) is 11.9. The van der Waals surface area contributed by atoms with Crippen molar-refractivity contribution in [3.8, 4) is 11.5 Å². The zero-order chi connectivity index (χ0) is 15.2. The lowest BCUT2D eigenvalue weighted by Gasteiger charge is -2.13. The number of hydrogen-bond acceptors (Lipinski definition) is 5. The first-order valence-corrected chi connectivity index (χ1v) is 7.11. The number of amides is 1. The number of carbonyl (C=O) groups is 1. The Bertz CT molecular complexity index is 489. The van der Waals surface area contributed by atoms with Crippen LogP contribution in [0.15, 0.2) is 18.2 Å². The van der Waals surface area contributed by atoms with Gasteiger partial charge in [0.05, 0.1) is 13.7 Å². The predicted molar refractivity (Wildman–Crippen MR) is 79.5 cm³/mol. The fraction of sp³-hybridized carbons (Fsp3) is 0.533. The lowest BCUT2D eigenvalue weighted by atomic mass is 10.1. The van der Waals surface area contributed by atoms with E-state index in [1.807, 2.05) is 0 Å². The Labute approximate surface area is 124 Å². The van der Waals surface area contributed by atoms with E-state index < -0.39 is 0 Å². The van der Waals surface area contributed by atoms with Crippen molar-refractivity contribution in [3.05, 3.63) is 18.2 Å². The van der Waals surface area contributed by atoms with Crippen molar-refractivity contribution >= 4 is 11.6 Å². The molecular formula is C15H22N2O4. The fourth-order valence-electron chi connectivity index (χ4n) is 2.14. The van der Waals surface area contributed by atoms with Crippen molar-refractivity contribution in [1.82, 2.24) is 0 Å². The van der Waals surface area contributed by atoms with Crippen molar-refractivity contribution in [2.24, 2.45) is 11.7 Å². The topological polar surface area (TPSA) is 93.8 Å². The molecule has 1 fully saturated rings. The summed E-state index contributed by atoms with van der Waals surface area (Å²) in [5.41, 5.74) is 6.56. The van der Waals surface area contributed by atoms with Crippen LogP contribution in [0.2, 0.25) is 0 Å². The molecule has 2 rings (SSSR count). The van der Waals surface area contributed by atoms with Crippen molar-refractivity contribution in [2.75, 3.05) is 25.6 Å². The number of aliphatic hydroxyl groups is 1. The van der Waals surface area contributed by atoms with Crippen molar-refractivity contribution in [3.63, 3.8) is 0 Å². The Morgan fingerprint density at radius 2 is 2.24 bits per heavy atom. The molecule has 0 heterocycles. The highest BCUT2D eigenvalue weighted by atomic mass is 16.5. The second-order valence-electron chi connectivity index (χ2n) is 5.19. The normalized spacial score (nSPS) is 15.4. The average Bonchev–Trinajstić information content (AvgIpc) is 3.29. The van der Waals surface area contributed by atoms with Gasteiger partial charge in [0.1, 0.15) is 6.61 Å². The second-order valence-corrected chi connectivity index (χ2v) is 5.19. The zero-order valence-corrected chi connectivity index (χ0v) is 12.2. The molecule has 1 aliphatic carbocycles. The summed E-state index contributed by atoms with van der Waals surface area (Å²) in [6.45, 7) is 0.0797. The van der Waals surface area contributed by atoms with Gasteiger partial charge in [0.15, 0.2) is 11.5 Å². The lowest BCUT2D eigenvalue weighted by Crippen LogP contribution is -2.28. The molecule has 1 saturated carbocycles. The molecule has 6 nitrogen and oxygen atoms in total. The molecule has 0 bridgehead atoms. The number of rotatable bonds is 8. The number of aliphatic hydroxyl groups excluding tert-OH is 1. The van der Waals surface area contributed by atoms with Crippen LogP contribution in [-0.4, -0.2) is 37.4 Å². The number of ether oxygens (including phenoxy) is 2. The van der Waals surface area contributed by atoms with Crippen LogP contribution in [0, 0.1) is 5.92 Å². The SMILES string of the molecule is COc1ccc(NC(=O)CC(N)C2CC2)cc1OCCO. The highest BCUT2D eigenvalue weighted by Crippen LogP contribution is 2.33. The number of nitrogens with two attached hydrogens (primary N) is 1. The molecule has 0 radical (unpaired) electrons. The van der Waals surface area contributed by atoms with Crippen LogP contribution in [0.25, 0.3) is 0 Å². The molecule has 0 saturated heterocycles. The molecule has 4 N–H and O–H groups in total. The molecule has 1 amide bonds. The molecule has 116 valence electrons. The fourth-order valence-corrected chi connectivity index (χ4v) is 2.14. The summed E-state index contributed by atoms with van der Waals surface area (Å²) in [5.74, 6) is 1.43. The Morgan fingerprint density at radius 1 is 1.48 bits per heavy atom. The Kier molecular flexibility index (Phi) is 5.41. The number of anilines is 1. The minimum atomic E-state index is -0.104. The smallest absolute Gasteiger partial charge is 0.225 e. The van der Waals surface area contributed by atoms with E-state index in [-0.39, 0.29) is 25.2 Å². The van der Waals surface area contributed by atoms with Gasteiger partial charge in [0, 0.05) is 24.2 Å². The number of hydrogen-bond donors (Lipinski definition) is 3. The largest absolute Gasteiger partial charge is 0.493 e. The molecular weight excluding hydrogens is 272 g/mol. The van der Waals surface area contributed by atoms with Crippen LogP contribution in [0.4, 0.5) is 5.69 Å². The van der Waals surface area contributed by atoms with Gasteiger partial charge in [-0.25, -0.2) is 0 Å². The Balaban J connectivity index is 1.96. The summed E-state index contributed by atoms with van der Waals surface area (Å²) in [6, 6.07) is 5.07. The van der Waals surface area contributed by atoms with E-state index in [2.05, 4.69) is 5.32 Å². The van der Waals surface area contributed by atoms with Crippen LogP contribution < -0.4 is 20.5 Å². The van der Waals surface area contributed by atoms with Gasteiger partial charge in [-0.05, 0) is 30.9 Å². The van der Waals surface area contributed by atoms with Gasteiger partial charge >= 0.3 is 0 Å². The number of carbonyl (C=O) groups excluding carboxylic acids is 1. The van der Waals surface area contributed by atoms with Crippen LogP contribution >= 0.6 is 0 Å². The van der Waals surface area contributed by atoms with E-state index in [1.54, 1.807) is 18.2 Å². The van der Waals surface area contributed by atoms with E-state index in [9.17, 15) is 4.79 Å². The summed E-state index contributed by atoms with van der Waals surface area (Å²) >= 11 is 0. The van der Waals surface area contributed by atoms with E-state index in [0.717, 1.165) is 12.8 Å². The quantitative estimate of drug-likeness (QED) is 0.668. The standard InChI is InChI=1S/C15H22N2O4/c1-20-13-5-4-11(8-14(13)21-7-6-18)17-15(19)9-12(16)10-2-3-10/h4-5,8,10,12,18H,2-3,6-7,9,16H2,1H3,(H,17,19). The first kappa shape index (κ1) is 15.6. The summed E-state index contributed by atoms with van der Waals surface area (Å²) < 4.78 is 10.5. The molecule has 0 spiro atoms. The van der Waals surface area contributed by atoms with Crippen LogP contribution in [0.1, 0.15) is 19.3 Å². The van der Waals surface area contributed by atoms with E-state index >= 15 is 0 Å². The molecule has 1 aromatic carbocycles. The minimum absolute atomic E-state index is 0.0617. The van der Waals surface area contributed by atoms with Crippen molar-refractivity contribution < 1.29 is 19.4 Å². The molecule has 1 unspecified atom stereocenters. The first-order chi connectivity index (χ1) is 10.1. The number of nitrogens with one attached hydrogen (secondary N) is 1. The molecule has 21 heavy (non-hydrogen) atoms. The van der Waals surface area contributed by atoms with Gasteiger partial charge in [-0.2, -0.15) is 0 Å². The summed E-state index contributed by atoms with van der Waals surface area (Å²) in [7, 11) is 1.54. The highest BCUT2D eigenvalue weighted by molar-refractivity contribution is 5.91. The predicted octanol–water partition coefficient (Wildman–Crippen LogP) is 1.13. The van der Waals surface area contributed by atoms with Gasteiger partial charge in [0.25, 0.3) is 0 Å².